The van der Waals surface area contributed by atoms with Crippen LogP contribution in [0.5, 0.6) is 0 Å². The Hall–Kier alpha value is -1.59. The molecule has 0 aliphatic carbocycles. The average Bonchev–Trinajstić information content (AvgIpc) is 2.85. The van der Waals surface area contributed by atoms with E-state index in [4.69, 9.17) is 0 Å². The number of carbonyl (C=O) groups excluding carboxylic acids is 3. The fourth-order valence-corrected chi connectivity index (χ4v) is 2.10. The highest BCUT2D eigenvalue weighted by atomic mass is 16.2. The Morgan fingerprint density at radius 1 is 1.16 bits per heavy atom. The summed E-state index contributed by atoms with van der Waals surface area (Å²) in [5.74, 6) is -0.639. The van der Waals surface area contributed by atoms with Crippen molar-refractivity contribution < 1.29 is 14.4 Å². The Kier molecular flexibility index (Phi) is 5.79. The maximum atomic E-state index is 11.9. The fourth-order valence-electron chi connectivity index (χ4n) is 2.10. The van der Waals surface area contributed by atoms with Crippen LogP contribution in [0.15, 0.2) is 0 Å². The molecule has 0 saturated carbocycles. The fraction of sp³-hybridized carbons (Fsp3) is 0.769. The lowest BCUT2D eigenvalue weighted by Gasteiger charge is -2.22. The van der Waals surface area contributed by atoms with Crippen LogP contribution < -0.4 is 10.6 Å². The molecule has 1 fully saturated rings. The lowest BCUT2D eigenvalue weighted by atomic mass is 10.0. The van der Waals surface area contributed by atoms with Gasteiger partial charge in [-0.3, -0.25) is 14.4 Å². The summed E-state index contributed by atoms with van der Waals surface area (Å²) in [6, 6.07) is -0.594. The van der Waals surface area contributed by atoms with E-state index in [2.05, 4.69) is 10.6 Å². The van der Waals surface area contributed by atoms with Crippen LogP contribution in [0.1, 0.15) is 33.6 Å². The molecule has 3 amide bonds. The van der Waals surface area contributed by atoms with E-state index in [-0.39, 0.29) is 30.2 Å². The minimum atomic E-state index is -0.594. The molecule has 6 nitrogen and oxygen atoms in total. The minimum Gasteiger partial charge on any atom is -0.345 e. The third kappa shape index (κ3) is 4.89. The second kappa shape index (κ2) is 7.11. The molecule has 1 saturated heterocycles. The first kappa shape index (κ1) is 15.5. The molecule has 108 valence electrons. The van der Waals surface area contributed by atoms with Crippen molar-refractivity contribution in [2.24, 2.45) is 5.92 Å². The van der Waals surface area contributed by atoms with Gasteiger partial charge in [-0.25, -0.2) is 0 Å². The van der Waals surface area contributed by atoms with Crippen LogP contribution >= 0.6 is 0 Å². The standard InChI is InChI=1S/C13H23N3O3/c1-9(2)12(15-10(3)17)13(19)14-8-11(18)16-6-4-5-7-16/h9,12H,4-8H2,1-3H3,(H,14,19)(H,15,17). The van der Waals surface area contributed by atoms with Crippen molar-refractivity contribution in [2.45, 2.75) is 39.7 Å². The summed E-state index contributed by atoms with van der Waals surface area (Å²) in [5.41, 5.74) is 0. The van der Waals surface area contributed by atoms with Crippen molar-refractivity contribution in [3.8, 4) is 0 Å². The molecule has 0 bridgehead atoms. The monoisotopic (exact) mass is 269 g/mol. The van der Waals surface area contributed by atoms with E-state index in [0.29, 0.717) is 0 Å². The van der Waals surface area contributed by atoms with Gasteiger partial charge in [0.2, 0.25) is 17.7 Å². The summed E-state index contributed by atoms with van der Waals surface area (Å²) in [6.07, 6.45) is 2.06. The summed E-state index contributed by atoms with van der Waals surface area (Å²) in [5, 5.41) is 5.20. The molecule has 0 aromatic heterocycles. The van der Waals surface area contributed by atoms with Gasteiger partial charge in [0.05, 0.1) is 6.54 Å². The predicted octanol–water partition coefficient (Wildman–Crippen LogP) is -0.114. The number of carbonyl (C=O) groups is 3. The molecule has 1 aliphatic rings. The molecule has 6 heteroatoms. The smallest absolute Gasteiger partial charge is 0.243 e. The van der Waals surface area contributed by atoms with E-state index in [0.717, 1.165) is 25.9 Å². The Bertz CT molecular complexity index is 349. The number of nitrogens with zero attached hydrogens (tertiary/aromatic N) is 1. The number of nitrogens with one attached hydrogen (secondary N) is 2. The molecule has 1 atom stereocenters. The summed E-state index contributed by atoms with van der Waals surface area (Å²) < 4.78 is 0. The van der Waals surface area contributed by atoms with E-state index in [1.807, 2.05) is 13.8 Å². The molecule has 19 heavy (non-hydrogen) atoms. The zero-order chi connectivity index (χ0) is 14.4. The molecule has 0 spiro atoms. The minimum absolute atomic E-state index is 0.00163. The normalized spacial score (nSPS) is 16.3. The number of likely N-dealkylation sites (tertiary alicyclic amines) is 1. The highest BCUT2D eigenvalue weighted by Crippen LogP contribution is 2.07. The maximum absolute atomic E-state index is 11.9. The van der Waals surface area contributed by atoms with Crippen LogP contribution in [0.25, 0.3) is 0 Å². The van der Waals surface area contributed by atoms with Gasteiger partial charge in [-0.05, 0) is 18.8 Å². The Labute approximate surface area is 113 Å². The Balaban J connectivity index is 2.43. The zero-order valence-corrected chi connectivity index (χ0v) is 11.9. The van der Waals surface area contributed by atoms with Crippen LogP contribution in [-0.2, 0) is 14.4 Å². The molecule has 0 aromatic carbocycles. The molecule has 1 aliphatic heterocycles. The molecular formula is C13H23N3O3. The van der Waals surface area contributed by atoms with E-state index in [9.17, 15) is 14.4 Å². The van der Waals surface area contributed by atoms with E-state index >= 15 is 0 Å². The number of rotatable bonds is 5. The highest BCUT2D eigenvalue weighted by Gasteiger charge is 2.24. The molecular weight excluding hydrogens is 246 g/mol. The van der Waals surface area contributed by atoms with Gasteiger partial charge in [0.15, 0.2) is 0 Å². The van der Waals surface area contributed by atoms with Gasteiger partial charge in [0.25, 0.3) is 0 Å². The van der Waals surface area contributed by atoms with Crippen LogP contribution in [0.2, 0.25) is 0 Å². The first-order valence-electron chi connectivity index (χ1n) is 6.74. The van der Waals surface area contributed by atoms with E-state index in [1.54, 1.807) is 4.90 Å². The number of hydrogen-bond acceptors (Lipinski definition) is 3. The lowest BCUT2D eigenvalue weighted by molar-refractivity contribution is -0.133. The van der Waals surface area contributed by atoms with Gasteiger partial charge < -0.3 is 15.5 Å². The van der Waals surface area contributed by atoms with Crippen molar-refractivity contribution in [1.82, 2.24) is 15.5 Å². The van der Waals surface area contributed by atoms with Crippen LogP contribution in [0.4, 0.5) is 0 Å². The van der Waals surface area contributed by atoms with Crippen molar-refractivity contribution in [1.29, 1.82) is 0 Å². The highest BCUT2D eigenvalue weighted by molar-refractivity contribution is 5.90. The van der Waals surface area contributed by atoms with Crippen molar-refractivity contribution in [3.05, 3.63) is 0 Å². The van der Waals surface area contributed by atoms with Crippen molar-refractivity contribution >= 4 is 17.7 Å². The van der Waals surface area contributed by atoms with Gasteiger partial charge in [0.1, 0.15) is 6.04 Å². The second-order valence-corrected chi connectivity index (χ2v) is 5.23. The maximum Gasteiger partial charge on any atom is 0.243 e. The Morgan fingerprint density at radius 3 is 2.21 bits per heavy atom. The molecule has 0 radical (unpaired) electrons. The zero-order valence-electron chi connectivity index (χ0n) is 11.9. The summed E-state index contributed by atoms with van der Waals surface area (Å²) >= 11 is 0. The van der Waals surface area contributed by atoms with Crippen molar-refractivity contribution in [2.75, 3.05) is 19.6 Å². The number of amides is 3. The third-order valence-electron chi connectivity index (χ3n) is 3.18. The third-order valence-corrected chi connectivity index (χ3v) is 3.18. The largest absolute Gasteiger partial charge is 0.345 e. The van der Waals surface area contributed by atoms with Crippen LogP contribution in [0, 0.1) is 5.92 Å². The molecule has 1 unspecified atom stereocenters. The SMILES string of the molecule is CC(=O)NC(C(=O)NCC(=O)N1CCCC1)C(C)C. The molecule has 1 rings (SSSR count). The van der Waals surface area contributed by atoms with Gasteiger partial charge >= 0.3 is 0 Å². The first-order chi connectivity index (χ1) is 8.91. The second-order valence-electron chi connectivity index (χ2n) is 5.23. The van der Waals surface area contributed by atoms with Crippen LogP contribution in [-0.4, -0.2) is 48.3 Å². The Morgan fingerprint density at radius 2 is 1.74 bits per heavy atom. The number of hydrogen-bond donors (Lipinski definition) is 2. The van der Waals surface area contributed by atoms with Gasteiger partial charge in [0, 0.05) is 20.0 Å². The summed E-state index contributed by atoms with van der Waals surface area (Å²) in [4.78, 5) is 36.5. The lowest BCUT2D eigenvalue weighted by Crippen LogP contribution is -2.51. The average molecular weight is 269 g/mol. The van der Waals surface area contributed by atoms with Crippen molar-refractivity contribution in [3.63, 3.8) is 0 Å². The van der Waals surface area contributed by atoms with Gasteiger partial charge in [-0.15, -0.1) is 0 Å². The molecule has 0 aromatic rings. The van der Waals surface area contributed by atoms with Gasteiger partial charge in [-0.2, -0.15) is 0 Å². The summed E-state index contributed by atoms with van der Waals surface area (Å²) in [6.45, 7) is 6.62. The predicted molar refractivity (Wildman–Crippen MR) is 71.3 cm³/mol. The van der Waals surface area contributed by atoms with Gasteiger partial charge in [-0.1, -0.05) is 13.8 Å². The first-order valence-corrected chi connectivity index (χ1v) is 6.74. The summed E-state index contributed by atoms with van der Waals surface area (Å²) in [7, 11) is 0. The molecule has 2 N–H and O–H groups in total. The van der Waals surface area contributed by atoms with Crippen LogP contribution in [0.3, 0.4) is 0 Å². The molecule has 1 heterocycles. The van der Waals surface area contributed by atoms with E-state index < -0.39 is 6.04 Å². The van der Waals surface area contributed by atoms with E-state index in [1.165, 1.54) is 6.92 Å². The topological polar surface area (TPSA) is 78.5 Å². The quantitative estimate of drug-likeness (QED) is 0.730.